The van der Waals surface area contributed by atoms with E-state index < -0.39 is 0 Å². The molecular formula is C9H17NS. The van der Waals surface area contributed by atoms with Gasteiger partial charge >= 0.3 is 0 Å². The molecule has 1 saturated heterocycles. The second kappa shape index (κ2) is 2.67. The summed E-state index contributed by atoms with van der Waals surface area (Å²) in [5, 5.41) is 4.51. The molecule has 64 valence electrons. The van der Waals surface area contributed by atoms with Crippen molar-refractivity contribution in [2.24, 2.45) is 5.92 Å². The molecule has 1 nitrogen and oxygen atoms in total. The van der Waals surface area contributed by atoms with Crippen LogP contribution in [0, 0.1) is 5.92 Å². The first-order chi connectivity index (χ1) is 5.20. The van der Waals surface area contributed by atoms with Gasteiger partial charge in [0.05, 0.1) is 4.87 Å². The molecule has 2 aliphatic rings. The van der Waals surface area contributed by atoms with Crippen molar-refractivity contribution < 1.29 is 0 Å². The normalized spacial score (nSPS) is 50.7. The summed E-state index contributed by atoms with van der Waals surface area (Å²) in [6.07, 6.45) is 4.21. The van der Waals surface area contributed by atoms with Crippen LogP contribution < -0.4 is 5.32 Å². The lowest BCUT2D eigenvalue weighted by molar-refractivity contribution is 0.489. The largest absolute Gasteiger partial charge is 0.302 e. The maximum absolute atomic E-state index is 3.68. The summed E-state index contributed by atoms with van der Waals surface area (Å²) < 4.78 is 0. The number of rotatable bonds is 0. The van der Waals surface area contributed by atoms with E-state index in [4.69, 9.17) is 0 Å². The lowest BCUT2D eigenvalue weighted by Crippen LogP contribution is -2.34. The highest BCUT2D eigenvalue weighted by Gasteiger charge is 2.42. The molecule has 1 spiro atoms. The summed E-state index contributed by atoms with van der Waals surface area (Å²) >= 11 is 2.17. The number of hydrogen-bond acceptors (Lipinski definition) is 2. The molecule has 1 aliphatic carbocycles. The molecule has 3 unspecified atom stereocenters. The first kappa shape index (κ1) is 7.93. The van der Waals surface area contributed by atoms with Crippen molar-refractivity contribution >= 4 is 11.8 Å². The van der Waals surface area contributed by atoms with Crippen molar-refractivity contribution in [2.75, 3.05) is 6.54 Å². The van der Waals surface area contributed by atoms with E-state index in [0.717, 1.165) is 11.2 Å². The van der Waals surface area contributed by atoms with Gasteiger partial charge in [0.2, 0.25) is 0 Å². The van der Waals surface area contributed by atoms with Crippen LogP contribution in [0.4, 0.5) is 0 Å². The molecule has 0 amide bonds. The monoisotopic (exact) mass is 171 g/mol. The number of hydrogen-bond donors (Lipinski definition) is 1. The lowest BCUT2D eigenvalue weighted by atomic mass is 10.1. The van der Waals surface area contributed by atoms with Crippen molar-refractivity contribution in [2.45, 2.75) is 43.2 Å². The van der Waals surface area contributed by atoms with Crippen LogP contribution in [0.15, 0.2) is 0 Å². The Hall–Kier alpha value is 0.310. The fraction of sp³-hybridized carbons (Fsp3) is 1.00. The third-order valence-electron chi connectivity index (χ3n) is 2.86. The second-order valence-corrected chi connectivity index (χ2v) is 5.97. The van der Waals surface area contributed by atoms with Gasteiger partial charge in [-0.3, -0.25) is 0 Å². The van der Waals surface area contributed by atoms with Crippen LogP contribution in [0.3, 0.4) is 0 Å². The quantitative estimate of drug-likeness (QED) is 0.600. The Morgan fingerprint density at radius 1 is 1.45 bits per heavy atom. The van der Waals surface area contributed by atoms with Crippen LogP contribution in [-0.2, 0) is 0 Å². The van der Waals surface area contributed by atoms with Crippen molar-refractivity contribution in [3.63, 3.8) is 0 Å². The summed E-state index contributed by atoms with van der Waals surface area (Å²) in [4.78, 5) is 0.499. The molecule has 3 atom stereocenters. The van der Waals surface area contributed by atoms with E-state index in [1.165, 1.54) is 25.8 Å². The number of thioether (sulfide) groups is 1. The van der Waals surface area contributed by atoms with Gasteiger partial charge in [0.25, 0.3) is 0 Å². The van der Waals surface area contributed by atoms with Gasteiger partial charge in [-0.15, -0.1) is 11.8 Å². The molecule has 0 radical (unpaired) electrons. The van der Waals surface area contributed by atoms with E-state index in [9.17, 15) is 0 Å². The Morgan fingerprint density at radius 3 is 2.73 bits per heavy atom. The molecule has 0 aromatic heterocycles. The summed E-state index contributed by atoms with van der Waals surface area (Å²) in [6.45, 7) is 5.92. The SMILES string of the molecule is CC1CCC2(C1)NCC(C)S2. The number of nitrogens with one attached hydrogen (secondary N) is 1. The van der Waals surface area contributed by atoms with Gasteiger partial charge in [-0.25, -0.2) is 0 Å². The smallest absolute Gasteiger partial charge is 0.0651 e. The molecule has 11 heavy (non-hydrogen) atoms. The maximum Gasteiger partial charge on any atom is 0.0651 e. The molecule has 1 N–H and O–H groups in total. The van der Waals surface area contributed by atoms with E-state index in [-0.39, 0.29) is 0 Å². The molecule has 2 rings (SSSR count). The third kappa shape index (κ3) is 1.43. The second-order valence-electron chi connectivity index (χ2n) is 4.15. The van der Waals surface area contributed by atoms with Gasteiger partial charge in [-0.1, -0.05) is 13.8 Å². The van der Waals surface area contributed by atoms with Crippen molar-refractivity contribution in [1.29, 1.82) is 0 Å². The van der Waals surface area contributed by atoms with Gasteiger partial charge in [-0.2, -0.15) is 0 Å². The Morgan fingerprint density at radius 2 is 2.27 bits per heavy atom. The standard InChI is InChI=1S/C9H17NS/c1-7-3-4-9(5-7)10-6-8(2)11-9/h7-8,10H,3-6H2,1-2H3. The fourth-order valence-electron chi connectivity index (χ4n) is 2.31. The molecule has 0 aromatic rings. The highest BCUT2D eigenvalue weighted by Crippen LogP contribution is 2.46. The van der Waals surface area contributed by atoms with Crippen LogP contribution in [0.5, 0.6) is 0 Å². The summed E-state index contributed by atoms with van der Waals surface area (Å²) in [7, 11) is 0. The van der Waals surface area contributed by atoms with E-state index in [1.54, 1.807) is 0 Å². The maximum atomic E-state index is 3.68. The molecule has 0 aromatic carbocycles. The average molecular weight is 171 g/mol. The zero-order chi connectivity index (χ0) is 7.90. The topological polar surface area (TPSA) is 12.0 Å². The van der Waals surface area contributed by atoms with Crippen LogP contribution in [0.1, 0.15) is 33.1 Å². The minimum Gasteiger partial charge on any atom is -0.302 e. The molecular weight excluding hydrogens is 154 g/mol. The summed E-state index contributed by atoms with van der Waals surface area (Å²) in [5.74, 6) is 0.945. The van der Waals surface area contributed by atoms with Crippen LogP contribution in [-0.4, -0.2) is 16.7 Å². The summed E-state index contributed by atoms with van der Waals surface area (Å²) in [5.41, 5.74) is 0. The van der Waals surface area contributed by atoms with E-state index in [0.29, 0.717) is 4.87 Å². The average Bonchev–Trinajstić information content (AvgIpc) is 2.44. The molecule has 1 aliphatic heterocycles. The predicted octanol–water partition coefficient (Wildman–Crippen LogP) is 2.23. The van der Waals surface area contributed by atoms with Gasteiger partial charge < -0.3 is 5.32 Å². The fourth-order valence-corrected chi connectivity index (χ4v) is 4.03. The first-order valence-electron chi connectivity index (χ1n) is 4.63. The molecule has 1 saturated carbocycles. The van der Waals surface area contributed by atoms with Crippen LogP contribution in [0.2, 0.25) is 0 Å². The van der Waals surface area contributed by atoms with Crippen molar-refractivity contribution in [3.8, 4) is 0 Å². The van der Waals surface area contributed by atoms with Crippen LogP contribution >= 0.6 is 11.8 Å². The highest BCUT2D eigenvalue weighted by atomic mass is 32.2. The van der Waals surface area contributed by atoms with E-state index in [2.05, 4.69) is 30.9 Å². The molecule has 1 heterocycles. The van der Waals surface area contributed by atoms with Gasteiger partial charge in [0, 0.05) is 11.8 Å². The van der Waals surface area contributed by atoms with E-state index >= 15 is 0 Å². The minimum atomic E-state index is 0.499. The third-order valence-corrected chi connectivity index (χ3v) is 4.39. The Labute approximate surface area is 73.3 Å². The van der Waals surface area contributed by atoms with E-state index in [1.807, 2.05) is 0 Å². The van der Waals surface area contributed by atoms with Gasteiger partial charge in [0.1, 0.15) is 0 Å². The lowest BCUT2D eigenvalue weighted by Gasteiger charge is -2.22. The zero-order valence-corrected chi connectivity index (χ0v) is 8.21. The highest BCUT2D eigenvalue weighted by molar-refractivity contribution is 8.01. The molecule has 0 bridgehead atoms. The summed E-state index contributed by atoms with van der Waals surface area (Å²) in [6, 6.07) is 0. The minimum absolute atomic E-state index is 0.499. The Bertz CT molecular complexity index is 140. The van der Waals surface area contributed by atoms with Crippen molar-refractivity contribution in [3.05, 3.63) is 0 Å². The van der Waals surface area contributed by atoms with Gasteiger partial charge in [0.15, 0.2) is 0 Å². The molecule has 2 fully saturated rings. The van der Waals surface area contributed by atoms with Crippen molar-refractivity contribution in [1.82, 2.24) is 5.32 Å². The first-order valence-corrected chi connectivity index (χ1v) is 5.51. The Balaban J connectivity index is 2.02. The Kier molecular flexibility index (Phi) is 1.92. The van der Waals surface area contributed by atoms with Gasteiger partial charge in [-0.05, 0) is 25.2 Å². The zero-order valence-electron chi connectivity index (χ0n) is 7.39. The molecule has 2 heteroatoms. The predicted molar refractivity (Wildman–Crippen MR) is 50.8 cm³/mol. The van der Waals surface area contributed by atoms with Crippen LogP contribution in [0.25, 0.3) is 0 Å².